The summed E-state index contributed by atoms with van der Waals surface area (Å²) >= 11 is 0. The van der Waals surface area contributed by atoms with Crippen molar-refractivity contribution in [3.63, 3.8) is 0 Å². The van der Waals surface area contributed by atoms with Crippen LogP contribution in [0.2, 0.25) is 0 Å². The molecule has 2 amide bonds. The van der Waals surface area contributed by atoms with Crippen molar-refractivity contribution in [3.8, 4) is 0 Å². The van der Waals surface area contributed by atoms with Crippen molar-refractivity contribution in [2.75, 3.05) is 46.2 Å². The highest BCUT2D eigenvalue weighted by Crippen LogP contribution is 1.78. The van der Waals surface area contributed by atoms with Crippen LogP contribution in [-0.2, 0) is 23.8 Å². The zero-order valence-corrected chi connectivity index (χ0v) is 10.1. The van der Waals surface area contributed by atoms with Gasteiger partial charge in [0, 0.05) is 13.2 Å². The fourth-order valence-corrected chi connectivity index (χ4v) is 0.922. The van der Waals surface area contributed by atoms with Crippen molar-refractivity contribution < 1.29 is 23.8 Å². The summed E-state index contributed by atoms with van der Waals surface area (Å²) in [4.78, 5) is 21.4. The first-order chi connectivity index (χ1) is 8.16. The molecule has 0 aliphatic carbocycles. The van der Waals surface area contributed by atoms with Crippen LogP contribution in [0, 0.1) is 0 Å². The van der Waals surface area contributed by atoms with Gasteiger partial charge in [-0.25, -0.2) is 0 Å². The van der Waals surface area contributed by atoms with Gasteiger partial charge in [0.05, 0.1) is 19.8 Å². The van der Waals surface area contributed by atoms with Gasteiger partial charge in [0.1, 0.15) is 13.2 Å². The van der Waals surface area contributed by atoms with Gasteiger partial charge < -0.3 is 25.3 Å². The number of hydrogen-bond acceptors (Lipinski definition) is 5. The maximum absolute atomic E-state index is 11.1. The SMILES string of the molecule is CCOCCOCCNC(=O)COCC(N)=O. The monoisotopic (exact) mass is 248 g/mol. The molecule has 0 aromatic heterocycles. The fraction of sp³-hybridized carbons (Fsp3) is 0.800. The third-order valence-electron chi connectivity index (χ3n) is 1.62. The largest absolute Gasteiger partial charge is 0.379 e. The molecule has 0 saturated carbocycles. The molecule has 0 aromatic carbocycles. The lowest BCUT2D eigenvalue weighted by atomic mass is 10.5. The lowest BCUT2D eigenvalue weighted by molar-refractivity contribution is -0.129. The maximum atomic E-state index is 11.1. The number of nitrogens with two attached hydrogens (primary N) is 1. The molecule has 0 heterocycles. The van der Waals surface area contributed by atoms with E-state index in [0.717, 1.165) is 0 Å². The van der Waals surface area contributed by atoms with E-state index in [1.54, 1.807) is 0 Å². The van der Waals surface area contributed by atoms with Gasteiger partial charge in [0.2, 0.25) is 11.8 Å². The topological polar surface area (TPSA) is 99.9 Å². The summed E-state index contributed by atoms with van der Waals surface area (Å²) < 4.78 is 15.0. The predicted octanol–water partition coefficient (Wildman–Crippen LogP) is -1.34. The van der Waals surface area contributed by atoms with E-state index >= 15 is 0 Å². The second kappa shape index (κ2) is 11.3. The Morgan fingerprint density at radius 3 is 2.41 bits per heavy atom. The van der Waals surface area contributed by atoms with Gasteiger partial charge >= 0.3 is 0 Å². The van der Waals surface area contributed by atoms with E-state index in [0.29, 0.717) is 33.0 Å². The summed E-state index contributed by atoms with van der Waals surface area (Å²) in [5.41, 5.74) is 4.83. The number of rotatable bonds is 11. The molecular formula is C10H20N2O5. The third-order valence-corrected chi connectivity index (χ3v) is 1.62. The molecule has 0 spiro atoms. The molecule has 0 bridgehead atoms. The molecule has 0 aliphatic heterocycles. The van der Waals surface area contributed by atoms with E-state index in [-0.39, 0.29) is 19.1 Å². The van der Waals surface area contributed by atoms with Crippen LogP contribution < -0.4 is 11.1 Å². The Morgan fingerprint density at radius 1 is 1.06 bits per heavy atom. The molecular weight excluding hydrogens is 228 g/mol. The Kier molecular flexibility index (Phi) is 10.5. The normalized spacial score (nSPS) is 10.2. The van der Waals surface area contributed by atoms with Crippen LogP contribution in [0.1, 0.15) is 6.92 Å². The van der Waals surface area contributed by atoms with Gasteiger partial charge in [-0.15, -0.1) is 0 Å². The highest BCUT2D eigenvalue weighted by Gasteiger charge is 2.01. The van der Waals surface area contributed by atoms with E-state index in [1.165, 1.54) is 0 Å². The van der Waals surface area contributed by atoms with Crippen LogP contribution in [0.5, 0.6) is 0 Å². The second-order valence-electron chi connectivity index (χ2n) is 3.12. The van der Waals surface area contributed by atoms with E-state index in [4.69, 9.17) is 19.9 Å². The second-order valence-corrected chi connectivity index (χ2v) is 3.12. The molecule has 0 rings (SSSR count). The number of ether oxygens (including phenoxy) is 3. The highest BCUT2D eigenvalue weighted by atomic mass is 16.5. The first kappa shape index (κ1) is 15.8. The van der Waals surface area contributed by atoms with E-state index in [9.17, 15) is 9.59 Å². The molecule has 0 aromatic rings. The molecule has 3 N–H and O–H groups in total. The summed E-state index contributed by atoms with van der Waals surface area (Å²) in [6.45, 7) is 4.00. The molecule has 0 fully saturated rings. The van der Waals surface area contributed by atoms with Crippen LogP contribution in [0.15, 0.2) is 0 Å². The molecule has 0 radical (unpaired) electrons. The zero-order chi connectivity index (χ0) is 12.9. The van der Waals surface area contributed by atoms with Crippen LogP contribution in [0.4, 0.5) is 0 Å². The Hall–Kier alpha value is -1.18. The zero-order valence-electron chi connectivity index (χ0n) is 10.1. The van der Waals surface area contributed by atoms with E-state index in [1.807, 2.05) is 6.92 Å². The van der Waals surface area contributed by atoms with Crippen molar-refractivity contribution in [3.05, 3.63) is 0 Å². The van der Waals surface area contributed by atoms with Gasteiger partial charge in [0.25, 0.3) is 0 Å². The number of primary amides is 1. The molecule has 100 valence electrons. The van der Waals surface area contributed by atoms with E-state index in [2.05, 4.69) is 5.32 Å². The first-order valence-corrected chi connectivity index (χ1v) is 5.45. The summed E-state index contributed by atoms with van der Waals surface area (Å²) in [7, 11) is 0. The van der Waals surface area contributed by atoms with Crippen LogP contribution in [0.3, 0.4) is 0 Å². The average molecular weight is 248 g/mol. The molecule has 7 heteroatoms. The fourth-order valence-electron chi connectivity index (χ4n) is 0.922. The lowest BCUT2D eigenvalue weighted by Gasteiger charge is -2.06. The number of hydrogen-bond donors (Lipinski definition) is 2. The molecule has 0 aliphatic rings. The molecule has 0 saturated heterocycles. The lowest BCUT2D eigenvalue weighted by Crippen LogP contribution is -2.32. The maximum Gasteiger partial charge on any atom is 0.246 e. The number of carbonyl (C=O) groups is 2. The van der Waals surface area contributed by atoms with Gasteiger partial charge in [-0.3, -0.25) is 9.59 Å². The van der Waals surface area contributed by atoms with Gasteiger partial charge in [-0.2, -0.15) is 0 Å². The predicted molar refractivity (Wildman–Crippen MR) is 60.3 cm³/mol. The van der Waals surface area contributed by atoms with E-state index < -0.39 is 5.91 Å². The molecule has 0 atom stereocenters. The minimum absolute atomic E-state index is 0.179. The summed E-state index contributed by atoms with van der Waals surface area (Å²) in [5.74, 6) is -0.906. The Labute approximate surface area is 101 Å². The Balaban J connectivity index is 3.19. The number of nitrogens with one attached hydrogen (secondary N) is 1. The van der Waals surface area contributed by atoms with Crippen molar-refractivity contribution >= 4 is 11.8 Å². The number of amides is 2. The smallest absolute Gasteiger partial charge is 0.246 e. The van der Waals surface area contributed by atoms with Crippen LogP contribution in [0.25, 0.3) is 0 Å². The first-order valence-electron chi connectivity index (χ1n) is 5.45. The summed E-state index contributed by atoms with van der Waals surface area (Å²) in [6.07, 6.45) is 0. The van der Waals surface area contributed by atoms with Gasteiger partial charge in [0.15, 0.2) is 0 Å². The Bertz CT molecular complexity index is 223. The van der Waals surface area contributed by atoms with Crippen molar-refractivity contribution in [2.24, 2.45) is 5.73 Å². The van der Waals surface area contributed by atoms with Crippen LogP contribution >= 0.6 is 0 Å². The summed E-state index contributed by atoms with van der Waals surface area (Å²) in [5, 5.41) is 2.57. The minimum Gasteiger partial charge on any atom is -0.379 e. The van der Waals surface area contributed by atoms with Crippen molar-refractivity contribution in [1.82, 2.24) is 5.32 Å². The van der Waals surface area contributed by atoms with Gasteiger partial charge in [-0.1, -0.05) is 0 Å². The molecule has 7 nitrogen and oxygen atoms in total. The summed E-state index contributed by atoms with van der Waals surface area (Å²) in [6, 6.07) is 0. The average Bonchev–Trinajstić information content (AvgIpc) is 2.27. The molecule has 0 unspecified atom stereocenters. The quantitative estimate of drug-likeness (QED) is 0.441. The highest BCUT2D eigenvalue weighted by molar-refractivity contribution is 5.78. The van der Waals surface area contributed by atoms with Crippen molar-refractivity contribution in [1.29, 1.82) is 0 Å². The molecule has 17 heavy (non-hydrogen) atoms. The van der Waals surface area contributed by atoms with Crippen molar-refractivity contribution in [2.45, 2.75) is 6.92 Å². The third kappa shape index (κ3) is 12.8. The van der Waals surface area contributed by atoms with Gasteiger partial charge in [-0.05, 0) is 6.92 Å². The van der Waals surface area contributed by atoms with Crippen LogP contribution in [-0.4, -0.2) is 58.0 Å². The Morgan fingerprint density at radius 2 is 1.76 bits per heavy atom. The minimum atomic E-state index is -0.600. The standard InChI is InChI=1S/C10H20N2O5/c1-2-15-5-6-16-4-3-12-10(14)8-17-7-9(11)13/h2-8H2,1H3,(H2,11,13)(H,12,14). The number of carbonyl (C=O) groups excluding carboxylic acids is 2.